The van der Waals surface area contributed by atoms with Crippen LogP contribution in [0.5, 0.6) is 0 Å². The summed E-state index contributed by atoms with van der Waals surface area (Å²) in [5, 5.41) is 4.02. The van der Waals surface area contributed by atoms with E-state index in [1.807, 2.05) is 6.92 Å². The fourth-order valence-corrected chi connectivity index (χ4v) is 2.47. The van der Waals surface area contributed by atoms with Gasteiger partial charge < -0.3 is 4.74 Å². The normalized spacial score (nSPS) is 26.2. The van der Waals surface area contributed by atoms with Gasteiger partial charge in [0.2, 0.25) is 0 Å². The average Bonchev–Trinajstić information content (AvgIpc) is 2.87. The van der Waals surface area contributed by atoms with Crippen LogP contribution in [0, 0.1) is 17.6 Å². The summed E-state index contributed by atoms with van der Waals surface area (Å²) < 4.78 is 34.3. The Morgan fingerprint density at radius 1 is 1.47 bits per heavy atom. The zero-order chi connectivity index (χ0) is 13.5. The summed E-state index contributed by atoms with van der Waals surface area (Å²) in [6.45, 7) is 2.88. The Morgan fingerprint density at radius 3 is 2.84 bits per heavy atom. The second-order valence-corrected chi connectivity index (χ2v) is 4.82. The number of hydrogen-bond donors (Lipinski definition) is 0. The van der Waals surface area contributed by atoms with Gasteiger partial charge in [-0.1, -0.05) is 13.0 Å². The lowest BCUT2D eigenvalue weighted by Gasteiger charge is -2.48. The number of rotatable bonds is 3. The van der Waals surface area contributed by atoms with Gasteiger partial charge >= 0.3 is 0 Å². The van der Waals surface area contributed by atoms with E-state index in [0.29, 0.717) is 18.7 Å². The highest BCUT2D eigenvalue weighted by Gasteiger charge is 2.49. The van der Waals surface area contributed by atoms with Crippen LogP contribution < -0.4 is 0 Å². The molecule has 1 aliphatic heterocycles. The van der Waals surface area contributed by atoms with Crippen LogP contribution in [0.2, 0.25) is 0 Å². The molecular weight excluding hydrogens is 252 g/mol. The summed E-state index contributed by atoms with van der Waals surface area (Å²) in [5.74, 6) is -1.06. The molecule has 19 heavy (non-hydrogen) atoms. The molecule has 6 heteroatoms. The summed E-state index contributed by atoms with van der Waals surface area (Å²) >= 11 is 0. The maximum absolute atomic E-state index is 14.0. The first-order valence-electron chi connectivity index (χ1n) is 6.04. The molecule has 1 saturated heterocycles. The first-order chi connectivity index (χ1) is 9.12. The molecule has 0 amide bonds. The molecule has 2 atom stereocenters. The molecule has 1 fully saturated rings. The van der Waals surface area contributed by atoms with Gasteiger partial charge in [0, 0.05) is 17.5 Å². The molecule has 100 valence electrons. The molecule has 4 nitrogen and oxygen atoms in total. The Morgan fingerprint density at radius 2 is 2.32 bits per heavy atom. The van der Waals surface area contributed by atoms with E-state index in [1.54, 1.807) is 11.0 Å². The number of nitrogens with zero attached hydrogens (tertiary/aromatic N) is 3. The molecule has 0 aliphatic carbocycles. The number of aromatic nitrogens is 3. The Hall–Kier alpha value is -1.82. The van der Waals surface area contributed by atoms with Gasteiger partial charge in [-0.25, -0.2) is 18.4 Å². The molecule has 0 bridgehead atoms. The van der Waals surface area contributed by atoms with Gasteiger partial charge in [-0.05, 0) is 6.07 Å². The van der Waals surface area contributed by atoms with Gasteiger partial charge in [0.25, 0.3) is 0 Å². The van der Waals surface area contributed by atoms with Crippen LogP contribution in [-0.4, -0.2) is 21.4 Å². The minimum absolute atomic E-state index is 0.122. The summed E-state index contributed by atoms with van der Waals surface area (Å²) in [6.07, 6.45) is 2.97. The molecule has 0 unspecified atom stereocenters. The first-order valence-corrected chi connectivity index (χ1v) is 6.04. The number of benzene rings is 1. The van der Waals surface area contributed by atoms with Crippen LogP contribution >= 0.6 is 0 Å². The summed E-state index contributed by atoms with van der Waals surface area (Å²) in [4.78, 5) is 3.86. The Labute approximate surface area is 109 Å². The predicted octanol–water partition coefficient (Wildman–Crippen LogP) is 2.12. The second-order valence-electron chi connectivity index (χ2n) is 4.82. The summed E-state index contributed by atoms with van der Waals surface area (Å²) in [6, 6.07) is 3.57. The SMILES string of the molecule is C[C@H]1CO[C@@]1(Cn1cncn1)c1ccc(F)cc1F. The zero-order valence-electron chi connectivity index (χ0n) is 10.4. The smallest absolute Gasteiger partial charge is 0.137 e. The standard InChI is InChI=1S/C13H13F2N3O/c1-9-5-19-13(9,6-18-8-16-7-17-18)11-3-2-10(14)4-12(11)15/h2-4,7-9H,5-6H2,1H3/t9-,13+/m0/s1. The van der Waals surface area contributed by atoms with Crippen molar-refractivity contribution in [1.82, 2.24) is 14.8 Å². The topological polar surface area (TPSA) is 39.9 Å². The largest absolute Gasteiger partial charge is 0.367 e. The molecular formula is C13H13F2N3O. The van der Waals surface area contributed by atoms with E-state index >= 15 is 0 Å². The predicted molar refractivity (Wildman–Crippen MR) is 63.2 cm³/mol. The maximum atomic E-state index is 14.0. The molecule has 3 rings (SSSR count). The van der Waals surface area contributed by atoms with Gasteiger partial charge in [-0.2, -0.15) is 5.10 Å². The van der Waals surface area contributed by atoms with Crippen molar-refractivity contribution in [3.63, 3.8) is 0 Å². The highest BCUT2D eigenvalue weighted by molar-refractivity contribution is 5.28. The van der Waals surface area contributed by atoms with Crippen molar-refractivity contribution in [2.45, 2.75) is 19.1 Å². The van der Waals surface area contributed by atoms with E-state index in [9.17, 15) is 8.78 Å². The molecule has 1 aliphatic rings. The van der Waals surface area contributed by atoms with Crippen LogP contribution in [0.4, 0.5) is 8.78 Å². The van der Waals surface area contributed by atoms with E-state index in [2.05, 4.69) is 10.1 Å². The van der Waals surface area contributed by atoms with Gasteiger partial charge in [-0.15, -0.1) is 0 Å². The van der Waals surface area contributed by atoms with Crippen molar-refractivity contribution in [2.75, 3.05) is 6.61 Å². The fourth-order valence-electron chi connectivity index (χ4n) is 2.47. The molecule has 0 N–H and O–H groups in total. The lowest BCUT2D eigenvalue weighted by Crippen LogP contribution is -2.52. The molecule has 2 aromatic rings. The van der Waals surface area contributed by atoms with Crippen LogP contribution in [0.1, 0.15) is 12.5 Å². The third kappa shape index (κ3) is 1.92. The Kier molecular flexibility index (Phi) is 2.82. The number of hydrogen-bond acceptors (Lipinski definition) is 3. The van der Waals surface area contributed by atoms with Gasteiger partial charge in [0.15, 0.2) is 0 Å². The van der Waals surface area contributed by atoms with Crippen molar-refractivity contribution in [3.05, 3.63) is 48.1 Å². The Balaban J connectivity index is 2.01. The molecule has 0 radical (unpaired) electrons. The zero-order valence-corrected chi connectivity index (χ0v) is 10.4. The second kappa shape index (κ2) is 4.38. The van der Waals surface area contributed by atoms with E-state index in [1.165, 1.54) is 18.5 Å². The molecule has 1 aromatic carbocycles. The summed E-state index contributed by atoms with van der Waals surface area (Å²) in [7, 11) is 0. The molecule has 0 spiro atoms. The molecule has 0 saturated carbocycles. The van der Waals surface area contributed by atoms with Crippen molar-refractivity contribution in [2.24, 2.45) is 5.92 Å². The third-order valence-electron chi connectivity index (χ3n) is 3.64. The van der Waals surface area contributed by atoms with Gasteiger partial charge in [-0.3, -0.25) is 0 Å². The maximum Gasteiger partial charge on any atom is 0.137 e. The Bertz CT molecular complexity index is 588. The lowest BCUT2D eigenvalue weighted by molar-refractivity contribution is -0.216. The van der Waals surface area contributed by atoms with Gasteiger partial charge in [0.05, 0.1) is 13.2 Å². The van der Waals surface area contributed by atoms with Gasteiger partial charge in [0.1, 0.15) is 29.9 Å². The monoisotopic (exact) mass is 265 g/mol. The quantitative estimate of drug-likeness (QED) is 0.853. The summed E-state index contributed by atoms with van der Waals surface area (Å²) in [5.41, 5.74) is -0.436. The van der Waals surface area contributed by atoms with E-state index in [-0.39, 0.29) is 5.92 Å². The number of ether oxygens (including phenoxy) is 1. The molecule has 1 aromatic heterocycles. The highest BCUT2D eigenvalue weighted by Crippen LogP contribution is 2.44. The van der Waals surface area contributed by atoms with E-state index in [0.717, 1.165) is 6.07 Å². The minimum atomic E-state index is -0.800. The molecule has 2 heterocycles. The van der Waals surface area contributed by atoms with Crippen molar-refractivity contribution in [3.8, 4) is 0 Å². The lowest BCUT2D eigenvalue weighted by atomic mass is 9.77. The third-order valence-corrected chi connectivity index (χ3v) is 3.64. The van der Waals surface area contributed by atoms with Crippen molar-refractivity contribution < 1.29 is 13.5 Å². The van der Waals surface area contributed by atoms with Crippen LogP contribution in [0.25, 0.3) is 0 Å². The number of halogens is 2. The highest BCUT2D eigenvalue weighted by atomic mass is 19.1. The first kappa shape index (κ1) is 12.2. The van der Waals surface area contributed by atoms with Crippen molar-refractivity contribution >= 4 is 0 Å². The fraction of sp³-hybridized carbons (Fsp3) is 0.385. The van der Waals surface area contributed by atoms with Crippen LogP contribution in [0.15, 0.2) is 30.9 Å². The van der Waals surface area contributed by atoms with E-state index < -0.39 is 17.2 Å². The minimum Gasteiger partial charge on any atom is -0.367 e. The van der Waals surface area contributed by atoms with E-state index in [4.69, 9.17) is 4.74 Å². The van der Waals surface area contributed by atoms with Crippen LogP contribution in [-0.2, 0) is 16.9 Å². The van der Waals surface area contributed by atoms with Crippen molar-refractivity contribution in [1.29, 1.82) is 0 Å². The average molecular weight is 265 g/mol. The van der Waals surface area contributed by atoms with Crippen LogP contribution in [0.3, 0.4) is 0 Å².